The maximum atomic E-state index is 12.6. The van der Waals surface area contributed by atoms with Crippen LogP contribution >= 0.6 is 11.6 Å². The predicted octanol–water partition coefficient (Wildman–Crippen LogP) is 3.06. The summed E-state index contributed by atoms with van der Waals surface area (Å²) in [5, 5.41) is 3.67. The molecule has 132 valence electrons. The van der Waals surface area contributed by atoms with Crippen LogP contribution in [0.2, 0.25) is 5.02 Å². The Balaban J connectivity index is 1.61. The Morgan fingerprint density at radius 3 is 2.88 bits per heavy atom. The Labute approximate surface area is 148 Å². The number of carbonyl (C=O) groups is 1. The van der Waals surface area contributed by atoms with Crippen molar-refractivity contribution in [3.05, 3.63) is 28.8 Å². The molecule has 3 rings (SSSR count). The summed E-state index contributed by atoms with van der Waals surface area (Å²) < 4.78 is 11.3. The molecule has 0 bridgehead atoms. The SMILES string of the molecule is Cc1c(Cl)cccc1NC(=O)[C@@H](C)N1CCC[C@@H](C2OCCO2)C1. The van der Waals surface area contributed by atoms with Crippen LogP contribution in [0.15, 0.2) is 18.2 Å². The van der Waals surface area contributed by atoms with Crippen LogP contribution in [-0.2, 0) is 14.3 Å². The maximum Gasteiger partial charge on any atom is 0.241 e. The van der Waals surface area contributed by atoms with Gasteiger partial charge in [0.05, 0.1) is 19.3 Å². The van der Waals surface area contributed by atoms with Gasteiger partial charge in [-0.15, -0.1) is 0 Å². The lowest BCUT2D eigenvalue weighted by Gasteiger charge is -2.37. The fraction of sp³-hybridized carbons (Fsp3) is 0.611. The molecule has 0 aliphatic carbocycles. The Bertz CT molecular complexity index is 590. The van der Waals surface area contributed by atoms with E-state index in [9.17, 15) is 4.79 Å². The van der Waals surface area contributed by atoms with Crippen molar-refractivity contribution in [1.82, 2.24) is 4.90 Å². The number of rotatable bonds is 4. The molecule has 1 amide bonds. The second kappa shape index (κ2) is 7.83. The molecular formula is C18H25ClN2O3. The van der Waals surface area contributed by atoms with Gasteiger partial charge < -0.3 is 14.8 Å². The second-order valence-electron chi connectivity index (χ2n) is 6.58. The van der Waals surface area contributed by atoms with E-state index in [0.717, 1.165) is 37.2 Å². The fourth-order valence-corrected chi connectivity index (χ4v) is 3.58. The van der Waals surface area contributed by atoms with Gasteiger partial charge in [0.15, 0.2) is 6.29 Å². The average molecular weight is 353 g/mol. The Morgan fingerprint density at radius 1 is 1.38 bits per heavy atom. The number of likely N-dealkylation sites (tertiary alicyclic amines) is 1. The first-order valence-corrected chi connectivity index (χ1v) is 8.97. The van der Waals surface area contributed by atoms with Gasteiger partial charge in [-0.05, 0) is 50.9 Å². The standard InChI is InChI=1S/C18H25ClN2O3/c1-12-15(19)6-3-7-16(12)20-17(22)13(2)21-8-4-5-14(11-21)18-23-9-10-24-18/h3,6-7,13-14,18H,4-5,8-11H2,1-2H3,(H,20,22)/t13-,14-/m1/s1. The lowest BCUT2D eigenvalue weighted by Crippen LogP contribution is -2.49. The van der Waals surface area contributed by atoms with Crippen molar-refractivity contribution >= 4 is 23.2 Å². The normalized spacial score (nSPS) is 24.0. The number of piperidine rings is 1. The van der Waals surface area contributed by atoms with Crippen LogP contribution in [0.1, 0.15) is 25.3 Å². The summed E-state index contributed by atoms with van der Waals surface area (Å²) in [5.41, 5.74) is 1.67. The lowest BCUT2D eigenvalue weighted by atomic mass is 9.96. The molecule has 2 atom stereocenters. The van der Waals surface area contributed by atoms with E-state index in [1.165, 1.54) is 0 Å². The zero-order valence-corrected chi connectivity index (χ0v) is 15.0. The van der Waals surface area contributed by atoms with E-state index in [4.69, 9.17) is 21.1 Å². The molecule has 2 fully saturated rings. The number of nitrogens with one attached hydrogen (secondary N) is 1. The van der Waals surface area contributed by atoms with Crippen LogP contribution in [0.5, 0.6) is 0 Å². The zero-order valence-electron chi connectivity index (χ0n) is 14.3. The molecule has 0 spiro atoms. The van der Waals surface area contributed by atoms with E-state index >= 15 is 0 Å². The van der Waals surface area contributed by atoms with Gasteiger partial charge in [0.1, 0.15) is 0 Å². The third-order valence-corrected chi connectivity index (χ3v) is 5.38. The summed E-state index contributed by atoms with van der Waals surface area (Å²) in [6.45, 7) is 6.96. The molecule has 1 aromatic rings. The van der Waals surface area contributed by atoms with Gasteiger partial charge in [-0.25, -0.2) is 0 Å². The van der Waals surface area contributed by atoms with E-state index < -0.39 is 0 Å². The van der Waals surface area contributed by atoms with Crippen molar-refractivity contribution < 1.29 is 14.3 Å². The first kappa shape index (κ1) is 17.7. The van der Waals surface area contributed by atoms with Gasteiger partial charge in [0, 0.05) is 23.2 Å². The van der Waals surface area contributed by atoms with Gasteiger partial charge in [-0.2, -0.15) is 0 Å². The minimum atomic E-state index is -0.201. The van der Waals surface area contributed by atoms with Gasteiger partial charge in [-0.3, -0.25) is 9.69 Å². The summed E-state index contributed by atoms with van der Waals surface area (Å²) in [7, 11) is 0. The number of benzene rings is 1. The Morgan fingerprint density at radius 2 is 2.12 bits per heavy atom. The number of ether oxygens (including phenoxy) is 2. The van der Waals surface area contributed by atoms with E-state index in [2.05, 4.69) is 10.2 Å². The molecule has 0 saturated carbocycles. The number of hydrogen-bond donors (Lipinski definition) is 1. The minimum absolute atomic E-state index is 0.00530. The van der Waals surface area contributed by atoms with Gasteiger partial charge >= 0.3 is 0 Å². The van der Waals surface area contributed by atoms with E-state index in [1.54, 1.807) is 0 Å². The third-order valence-electron chi connectivity index (χ3n) is 4.97. The lowest BCUT2D eigenvalue weighted by molar-refractivity contribution is -0.126. The number of hydrogen-bond acceptors (Lipinski definition) is 4. The van der Waals surface area contributed by atoms with E-state index in [0.29, 0.717) is 24.2 Å². The molecular weight excluding hydrogens is 328 g/mol. The molecule has 2 aliphatic rings. The van der Waals surface area contributed by atoms with Crippen LogP contribution in [0.4, 0.5) is 5.69 Å². The van der Waals surface area contributed by atoms with Crippen molar-refractivity contribution in [2.45, 2.75) is 39.0 Å². The van der Waals surface area contributed by atoms with Crippen molar-refractivity contribution in [3.8, 4) is 0 Å². The topological polar surface area (TPSA) is 50.8 Å². The van der Waals surface area contributed by atoms with Gasteiger partial charge in [0.2, 0.25) is 5.91 Å². The number of carbonyl (C=O) groups excluding carboxylic acids is 1. The van der Waals surface area contributed by atoms with Crippen LogP contribution in [-0.4, -0.2) is 49.4 Å². The number of nitrogens with zero attached hydrogens (tertiary/aromatic N) is 1. The molecule has 6 heteroatoms. The second-order valence-corrected chi connectivity index (χ2v) is 6.99. The summed E-state index contributed by atoms with van der Waals surface area (Å²) in [6, 6.07) is 5.35. The highest BCUT2D eigenvalue weighted by Gasteiger charge is 2.34. The van der Waals surface area contributed by atoms with Crippen LogP contribution in [0.25, 0.3) is 0 Å². The van der Waals surface area contributed by atoms with Gasteiger partial charge in [-0.1, -0.05) is 17.7 Å². The van der Waals surface area contributed by atoms with Crippen LogP contribution in [0.3, 0.4) is 0 Å². The smallest absolute Gasteiger partial charge is 0.241 e. The molecule has 0 unspecified atom stereocenters. The zero-order chi connectivity index (χ0) is 17.1. The van der Waals surface area contributed by atoms with Gasteiger partial charge in [0.25, 0.3) is 0 Å². The third kappa shape index (κ3) is 3.91. The monoisotopic (exact) mass is 352 g/mol. The van der Waals surface area contributed by atoms with Crippen molar-refractivity contribution in [3.63, 3.8) is 0 Å². The maximum absolute atomic E-state index is 12.6. The average Bonchev–Trinajstić information content (AvgIpc) is 3.13. The highest BCUT2D eigenvalue weighted by molar-refractivity contribution is 6.31. The van der Waals surface area contributed by atoms with Crippen LogP contribution < -0.4 is 5.32 Å². The molecule has 0 radical (unpaired) electrons. The summed E-state index contributed by atoms with van der Waals surface area (Å²) >= 11 is 6.13. The molecule has 0 aromatic heterocycles. The minimum Gasteiger partial charge on any atom is -0.350 e. The predicted molar refractivity (Wildman–Crippen MR) is 94.3 cm³/mol. The number of halogens is 1. The molecule has 1 N–H and O–H groups in total. The quantitative estimate of drug-likeness (QED) is 0.904. The number of amides is 1. The highest BCUT2D eigenvalue weighted by atomic mass is 35.5. The van der Waals surface area contributed by atoms with E-state index in [1.807, 2.05) is 32.0 Å². The Hall–Kier alpha value is -1.14. The first-order valence-electron chi connectivity index (χ1n) is 8.59. The molecule has 2 heterocycles. The fourth-order valence-electron chi connectivity index (χ4n) is 3.41. The van der Waals surface area contributed by atoms with Crippen molar-refractivity contribution in [2.75, 3.05) is 31.6 Å². The molecule has 2 aliphatic heterocycles. The van der Waals surface area contributed by atoms with Crippen molar-refractivity contribution in [1.29, 1.82) is 0 Å². The molecule has 5 nitrogen and oxygen atoms in total. The Kier molecular flexibility index (Phi) is 5.76. The summed E-state index contributed by atoms with van der Waals surface area (Å²) in [6.07, 6.45) is 2.03. The summed E-state index contributed by atoms with van der Waals surface area (Å²) in [5.74, 6) is 0.332. The number of anilines is 1. The van der Waals surface area contributed by atoms with Crippen molar-refractivity contribution in [2.24, 2.45) is 5.92 Å². The molecule has 1 aromatic carbocycles. The van der Waals surface area contributed by atoms with Crippen LogP contribution in [0, 0.1) is 12.8 Å². The molecule has 24 heavy (non-hydrogen) atoms. The highest BCUT2D eigenvalue weighted by Crippen LogP contribution is 2.27. The molecule has 2 saturated heterocycles. The van der Waals surface area contributed by atoms with E-state index in [-0.39, 0.29) is 18.2 Å². The first-order chi connectivity index (χ1) is 11.6. The largest absolute Gasteiger partial charge is 0.350 e. The summed E-state index contributed by atoms with van der Waals surface area (Å²) in [4.78, 5) is 14.9.